The molecule has 0 radical (unpaired) electrons. The first kappa shape index (κ1) is 21.3. The zero-order chi connectivity index (χ0) is 14.9. The molecular formula is C19H42. The molecule has 0 aliphatic heterocycles. The molecule has 0 unspecified atom stereocenters. The molecular weight excluding hydrogens is 228 g/mol. The predicted octanol–water partition coefficient (Wildman–Crippen LogP) is 7.62. The average molecular weight is 271 g/mol. The first-order valence-corrected chi connectivity index (χ1v) is 9.19. The molecule has 0 aromatic heterocycles. The highest BCUT2D eigenvalue weighted by Gasteiger charge is 2.17. The van der Waals surface area contributed by atoms with E-state index in [2.05, 4.69) is 41.5 Å². The quantitative estimate of drug-likeness (QED) is 0.482. The minimum atomic E-state index is 1.07. The fraction of sp³-hybridized carbons (Fsp3) is 1.00. The van der Waals surface area contributed by atoms with Gasteiger partial charge in [0.05, 0.1) is 0 Å². The van der Waals surface area contributed by atoms with Gasteiger partial charge in [-0.25, -0.2) is 0 Å². The summed E-state index contributed by atoms with van der Waals surface area (Å²) in [5.41, 5.74) is 0. The van der Waals surface area contributed by atoms with E-state index in [1.54, 1.807) is 0 Å². The van der Waals surface area contributed by atoms with Gasteiger partial charge in [0.1, 0.15) is 0 Å². The van der Waals surface area contributed by atoms with Gasteiger partial charge in [-0.1, -0.05) is 112 Å². The normalized spacial score (nSPS) is 21.8. The van der Waals surface area contributed by atoms with Crippen LogP contribution in [0.15, 0.2) is 0 Å². The second kappa shape index (κ2) is 18.0. The van der Waals surface area contributed by atoms with Crippen molar-refractivity contribution in [3.63, 3.8) is 0 Å². The molecule has 0 aromatic rings. The Labute approximate surface area is 124 Å². The summed E-state index contributed by atoms with van der Waals surface area (Å²) in [7, 11) is 0. The lowest BCUT2D eigenvalue weighted by Crippen LogP contribution is -2.12. The third-order valence-corrected chi connectivity index (χ3v) is 4.33. The topological polar surface area (TPSA) is 0 Å². The van der Waals surface area contributed by atoms with E-state index in [-0.39, 0.29) is 0 Å². The van der Waals surface area contributed by atoms with E-state index >= 15 is 0 Å². The third kappa shape index (κ3) is 15.9. The van der Waals surface area contributed by atoms with Crippen LogP contribution >= 0.6 is 0 Å². The number of hydrogen-bond donors (Lipinski definition) is 0. The number of unbranched alkanes of at least 4 members (excludes halogenated alkanes) is 3. The van der Waals surface area contributed by atoms with Gasteiger partial charge in [0.2, 0.25) is 0 Å². The zero-order valence-electron chi connectivity index (χ0n) is 14.9. The number of rotatable bonds is 5. The Balaban J connectivity index is 0. The van der Waals surface area contributed by atoms with Crippen LogP contribution in [0.5, 0.6) is 0 Å². The summed E-state index contributed by atoms with van der Waals surface area (Å²) in [4.78, 5) is 0. The summed E-state index contributed by atoms with van der Waals surface area (Å²) in [6, 6.07) is 0. The van der Waals surface area contributed by atoms with Gasteiger partial charge in [-0.3, -0.25) is 0 Å². The summed E-state index contributed by atoms with van der Waals surface area (Å²) < 4.78 is 0. The molecule has 1 saturated carbocycles. The van der Waals surface area contributed by atoms with Gasteiger partial charge < -0.3 is 0 Å². The van der Waals surface area contributed by atoms with Crippen LogP contribution in [0.3, 0.4) is 0 Å². The second-order valence-electron chi connectivity index (χ2n) is 6.06. The van der Waals surface area contributed by atoms with Gasteiger partial charge in [-0.05, 0) is 11.8 Å². The monoisotopic (exact) mass is 270 g/mol. The summed E-state index contributed by atoms with van der Waals surface area (Å²) >= 11 is 0. The van der Waals surface area contributed by atoms with Gasteiger partial charge in [0, 0.05) is 0 Å². The van der Waals surface area contributed by atoms with Gasteiger partial charge in [-0.2, -0.15) is 0 Å². The minimum Gasteiger partial charge on any atom is -0.0654 e. The Hall–Kier alpha value is 0. The van der Waals surface area contributed by atoms with Gasteiger partial charge in [-0.15, -0.1) is 0 Å². The maximum absolute atomic E-state index is 2.33. The van der Waals surface area contributed by atoms with Crippen molar-refractivity contribution in [3.05, 3.63) is 0 Å². The Kier molecular flexibility index (Phi) is 20.2. The maximum atomic E-state index is 2.33. The van der Waals surface area contributed by atoms with E-state index < -0.39 is 0 Å². The SMILES string of the molecule is CCC1CCC(CC)CC1.CCCC.CCCCC. The zero-order valence-corrected chi connectivity index (χ0v) is 14.9. The fourth-order valence-corrected chi connectivity index (χ4v) is 2.40. The molecule has 0 bridgehead atoms. The van der Waals surface area contributed by atoms with Crippen molar-refractivity contribution >= 4 is 0 Å². The lowest BCUT2D eigenvalue weighted by atomic mass is 9.80. The summed E-state index contributed by atoms with van der Waals surface area (Å²) in [6.07, 6.45) is 15.6. The molecule has 0 atom stereocenters. The van der Waals surface area contributed by atoms with Gasteiger partial charge in [0.15, 0.2) is 0 Å². The van der Waals surface area contributed by atoms with Crippen LogP contribution in [0, 0.1) is 11.8 Å². The molecule has 0 heterocycles. The van der Waals surface area contributed by atoms with Crippen molar-refractivity contribution in [3.8, 4) is 0 Å². The van der Waals surface area contributed by atoms with Crippen LogP contribution in [0.4, 0.5) is 0 Å². The van der Waals surface area contributed by atoms with Crippen LogP contribution in [-0.2, 0) is 0 Å². The molecule has 0 amide bonds. The van der Waals surface area contributed by atoms with E-state index in [4.69, 9.17) is 0 Å². The van der Waals surface area contributed by atoms with Crippen LogP contribution in [0.1, 0.15) is 112 Å². The van der Waals surface area contributed by atoms with E-state index in [0.717, 1.165) is 11.8 Å². The smallest absolute Gasteiger partial charge is 0.0417 e. The summed E-state index contributed by atoms with van der Waals surface area (Å²) in [5.74, 6) is 2.14. The Morgan fingerprint density at radius 1 is 0.526 bits per heavy atom. The van der Waals surface area contributed by atoms with Crippen LogP contribution in [0.25, 0.3) is 0 Å². The van der Waals surface area contributed by atoms with E-state index in [9.17, 15) is 0 Å². The molecule has 0 nitrogen and oxygen atoms in total. The van der Waals surface area contributed by atoms with Crippen LogP contribution in [0.2, 0.25) is 0 Å². The van der Waals surface area contributed by atoms with Crippen LogP contribution < -0.4 is 0 Å². The standard InChI is InChI=1S/C10H20.C5H12.C4H10/c1-3-9-5-7-10(4-2)8-6-9;1-3-5-4-2;1-3-4-2/h9-10H,3-8H2,1-2H3;3-5H2,1-2H3;3-4H2,1-2H3. The minimum absolute atomic E-state index is 1.07. The molecule has 0 aromatic carbocycles. The second-order valence-corrected chi connectivity index (χ2v) is 6.06. The summed E-state index contributed by atoms with van der Waals surface area (Å²) in [6.45, 7) is 13.4. The first-order chi connectivity index (χ1) is 9.19. The Bertz CT molecular complexity index is 115. The maximum Gasteiger partial charge on any atom is -0.0417 e. The molecule has 1 aliphatic carbocycles. The molecule has 0 spiro atoms. The third-order valence-electron chi connectivity index (χ3n) is 4.33. The highest BCUT2D eigenvalue weighted by Crippen LogP contribution is 2.31. The van der Waals surface area contributed by atoms with Crippen molar-refractivity contribution < 1.29 is 0 Å². The largest absolute Gasteiger partial charge is 0.0654 e. The first-order valence-electron chi connectivity index (χ1n) is 9.19. The molecule has 19 heavy (non-hydrogen) atoms. The van der Waals surface area contributed by atoms with Crippen molar-refractivity contribution in [2.75, 3.05) is 0 Å². The molecule has 1 rings (SSSR count). The fourth-order valence-electron chi connectivity index (χ4n) is 2.40. The van der Waals surface area contributed by atoms with Crippen molar-refractivity contribution in [2.45, 2.75) is 112 Å². The molecule has 0 heteroatoms. The van der Waals surface area contributed by atoms with E-state index in [1.165, 1.54) is 70.6 Å². The van der Waals surface area contributed by atoms with Crippen molar-refractivity contribution in [2.24, 2.45) is 11.8 Å². The van der Waals surface area contributed by atoms with Crippen LogP contribution in [-0.4, -0.2) is 0 Å². The highest BCUT2D eigenvalue weighted by molar-refractivity contribution is 4.70. The molecule has 118 valence electrons. The average Bonchev–Trinajstić information content (AvgIpc) is 2.49. The summed E-state index contributed by atoms with van der Waals surface area (Å²) in [5, 5.41) is 0. The lowest BCUT2D eigenvalue weighted by molar-refractivity contribution is 0.264. The van der Waals surface area contributed by atoms with Gasteiger partial charge in [0.25, 0.3) is 0 Å². The Morgan fingerprint density at radius 3 is 0.947 bits per heavy atom. The molecule has 0 N–H and O–H groups in total. The lowest BCUT2D eigenvalue weighted by Gasteiger charge is -2.26. The van der Waals surface area contributed by atoms with Crippen molar-refractivity contribution in [1.29, 1.82) is 0 Å². The molecule has 0 saturated heterocycles. The van der Waals surface area contributed by atoms with E-state index in [0.29, 0.717) is 0 Å². The predicted molar refractivity (Wildman–Crippen MR) is 91.8 cm³/mol. The molecule has 1 aliphatic rings. The number of hydrogen-bond acceptors (Lipinski definition) is 0. The van der Waals surface area contributed by atoms with E-state index in [1.807, 2.05) is 0 Å². The van der Waals surface area contributed by atoms with Crippen molar-refractivity contribution in [1.82, 2.24) is 0 Å². The van der Waals surface area contributed by atoms with Gasteiger partial charge >= 0.3 is 0 Å². The highest BCUT2D eigenvalue weighted by atomic mass is 14.2. The molecule has 1 fully saturated rings. The Morgan fingerprint density at radius 2 is 0.842 bits per heavy atom.